The lowest BCUT2D eigenvalue weighted by atomic mass is 9.99. The van der Waals surface area contributed by atoms with E-state index in [0.717, 1.165) is 56.6 Å². The topological polar surface area (TPSA) is 39.7 Å². The van der Waals surface area contributed by atoms with E-state index in [4.69, 9.17) is 4.98 Å². The van der Waals surface area contributed by atoms with Gasteiger partial charge in [-0.05, 0) is 44.7 Å². The Hall–Kier alpha value is -1.14. The molecule has 1 amide bonds. The zero-order valence-corrected chi connectivity index (χ0v) is 15.4. The van der Waals surface area contributed by atoms with Crippen molar-refractivity contribution in [1.29, 1.82) is 0 Å². The Balaban J connectivity index is 1.28. The first-order valence-corrected chi connectivity index (χ1v) is 10.3. The monoisotopic (exact) mass is 348 g/mol. The molecule has 1 aliphatic carbocycles. The van der Waals surface area contributed by atoms with Crippen LogP contribution in [0.3, 0.4) is 0 Å². The minimum absolute atomic E-state index is 0.343. The van der Waals surface area contributed by atoms with Crippen LogP contribution in [0.4, 0.5) is 5.13 Å². The van der Waals surface area contributed by atoms with E-state index in [1.54, 1.807) is 11.3 Å². The van der Waals surface area contributed by atoms with E-state index in [0.29, 0.717) is 11.8 Å². The maximum absolute atomic E-state index is 12.1. The molecule has 1 saturated carbocycles. The predicted molar refractivity (Wildman–Crippen MR) is 97.3 cm³/mol. The molecule has 0 radical (unpaired) electrons. The van der Waals surface area contributed by atoms with Crippen molar-refractivity contribution in [3.8, 4) is 0 Å². The Morgan fingerprint density at radius 1 is 1.12 bits per heavy atom. The van der Waals surface area contributed by atoms with E-state index >= 15 is 0 Å². The van der Waals surface area contributed by atoms with Crippen LogP contribution in [-0.2, 0) is 11.3 Å². The fourth-order valence-corrected chi connectivity index (χ4v) is 4.54. The van der Waals surface area contributed by atoms with Gasteiger partial charge in [-0.3, -0.25) is 9.69 Å². The number of carbonyl (C=O) groups is 1. The van der Waals surface area contributed by atoms with Crippen LogP contribution >= 0.6 is 11.3 Å². The molecule has 2 aliphatic heterocycles. The lowest BCUT2D eigenvalue weighted by molar-refractivity contribution is -0.132. The van der Waals surface area contributed by atoms with E-state index in [-0.39, 0.29) is 0 Å². The maximum atomic E-state index is 12.1. The van der Waals surface area contributed by atoms with Gasteiger partial charge in [-0.25, -0.2) is 4.98 Å². The molecular formula is C18H28N4OS. The van der Waals surface area contributed by atoms with Crippen molar-refractivity contribution in [2.24, 2.45) is 11.8 Å². The van der Waals surface area contributed by atoms with Crippen molar-refractivity contribution in [2.75, 3.05) is 44.2 Å². The highest BCUT2D eigenvalue weighted by molar-refractivity contribution is 7.13. The van der Waals surface area contributed by atoms with E-state index in [2.05, 4.69) is 27.0 Å². The molecule has 3 aliphatic rings. The van der Waals surface area contributed by atoms with Crippen molar-refractivity contribution in [2.45, 2.75) is 39.2 Å². The number of nitrogens with zero attached hydrogens (tertiary/aromatic N) is 4. The number of thiazole rings is 1. The van der Waals surface area contributed by atoms with E-state index < -0.39 is 0 Å². The molecule has 3 heterocycles. The molecule has 0 N–H and O–H groups in total. The van der Waals surface area contributed by atoms with Gasteiger partial charge in [0, 0.05) is 44.0 Å². The molecule has 0 spiro atoms. The van der Waals surface area contributed by atoms with Crippen LogP contribution in [0.15, 0.2) is 5.38 Å². The van der Waals surface area contributed by atoms with Crippen LogP contribution in [-0.4, -0.2) is 60.0 Å². The molecule has 1 aromatic rings. The van der Waals surface area contributed by atoms with Crippen molar-refractivity contribution >= 4 is 22.4 Å². The third-order valence-corrected chi connectivity index (χ3v) is 6.54. The van der Waals surface area contributed by atoms with Crippen molar-refractivity contribution in [1.82, 2.24) is 14.8 Å². The molecule has 0 bridgehead atoms. The SMILES string of the molecule is CC1CCN(Cc2csc(N3CCN(C(=O)C4CC4)CC3)n2)CC1. The van der Waals surface area contributed by atoms with Gasteiger partial charge in [0.15, 0.2) is 5.13 Å². The predicted octanol–water partition coefficient (Wildman–Crippen LogP) is 2.43. The lowest BCUT2D eigenvalue weighted by Crippen LogP contribution is -2.49. The number of aromatic nitrogens is 1. The number of hydrogen-bond acceptors (Lipinski definition) is 5. The standard InChI is InChI=1S/C18H28N4OS/c1-14-4-6-20(7-5-14)12-16-13-24-18(19-16)22-10-8-21(9-11-22)17(23)15-2-3-15/h13-15H,2-12H2,1H3. The summed E-state index contributed by atoms with van der Waals surface area (Å²) in [6.07, 6.45) is 4.83. The minimum Gasteiger partial charge on any atom is -0.345 e. The quantitative estimate of drug-likeness (QED) is 0.838. The molecule has 0 aromatic carbocycles. The first-order valence-electron chi connectivity index (χ1n) is 9.39. The van der Waals surface area contributed by atoms with E-state index in [9.17, 15) is 4.79 Å². The number of likely N-dealkylation sites (tertiary alicyclic amines) is 1. The number of carbonyl (C=O) groups excluding carboxylic acids is 1. The summed E-state index contributed by atoms with van der Waals surface area (Å²) in [6.45, 7) is 9.31. The molecule has 1 aromatic heterocycles. The number of hydrogen-bond donors (Lipinski definition) is 0. The molecule has 0 atom stereocenters. The highest BCUT2D eigenvalue weighted by Gasteiger charge is 2.34. The highest BCUT2D eigenvalue weighted by atomic mass is 32.1. The summed E-state index contributed by atoms with van der Waals surface area (Å²) in [5, 5.41) is 3.35. The van der Waals surface area contributed by atoms with Crippen LogP contribution in [0.25, 0.3) is 0 Å². The summed E-state index contributed by atoms with van der Waals surface area (Å²) >= 11 is 1.76. The Kier molecular flexibility index (Phi) is 4.77. The van der Waals surface area contributed by atoms with Crippen LogP contribution in [0.2, 0.25) is 0 Å². The molecular weight excluding hydrogens is 320 g/mol. The molecule has 2 saturated heterocycles. The van der Waals surface area contributed by atoms with Crippen molar-refractivity contribution in [3.05, 3.63) is 11.1 Å². The average Bonchev–Trinajstić information content (AvgIpc) is 3.36. The first-order chi connectivity index (χ1) is 11.7. The Bertz CT molecular complexity index is 569. The second-order valence-electron chi connectivity index (χ2n) is 7.67. The molecule has 0 unspecified atom stereocenters. The van der Waals surface area contributed by atoms with E-state index in [1.165, 1.54) is 31.6 Å². The summed E-state index contributed by atoms with van der Waals surface area (Å²) in [5.74, 6) is 1.60. The van der Waals surface area contributed by atoms with Gasteiger partial charge in [-0.2, -0.15) is 0 Å². The lowest BCUT2D eigenvalue weighted by Gasteiger charge is -2.34. The van der Waals surface area contributed by atoms with Crippen molar-refractivity contribution in [3.63, 3.8) is 0 Å². The highest BCUT2D eigenvalue weighted by Crippen LogP contribution is 2.32. The number of rotatable bonds is 4. The minimum atomic E-state index is 0.343. The normalized spacial score (nSPS) is 23.7. The number of piperazine rings is 1. The van der Waals surface area contributed by atoms with Crippen LogP contribution in [0.5, 0.6) is 0 Å². The van der Waals surface area contributed by atoms with Crippen molar-refractivity contribution < 1.29 is 4.79 Å². The maximum Gasteiger partial charge on any atom is 0.225 e. The van der Waals surface area contributed by atoms with Gasteiger partial charge in [-0.1, -0.05) is 6.92 Å². The smallest absolute Gasteiger partial charge is 0.225 e. The Morgan fingerprint density at radius 3 is 2.50 bits per heavy atom. The summed E-state index contributed by atoms with van der Waals surface area (Å²) in [5.41, 5.74) is 1.21. The molecule has 4 rings (SSSR count). The van der Waals surface area contributed by atoms with Crippen LogP contribution in [0, 0.1) is 11.8 Å². The zero-order valence-electron chi connectivity index (χ0n) is 14.6. The molecule has 3 fully saturated rings. The van der Waals surface area contributed by atoms with E-state index in [1.807, 2.05) is 0 Å². The summed E-state index contributed by atoms with van der Waals surface area (Å²) in [4.78, 5) is 23.9. The summed E-state index contributed by atoms with van der Waals surface area (Å²) < 4.78 is 0. The van der Waals surface area contributed by atoms with Gasteiger partial charge < -0.3 is 9.80 Å². The Labute approximate surface area is 148 Å². The number of anilines is 1. The average molecular weight is 349 g/mol. The number of amides is 1. The third-order valence-electron chi connectivity index (χ3n) is 5.59. The molecule has 5 nitrogen and oxygen atoms in total. The largest absolute Gasteiger partial charge is 0.345 e. The Morgan fingerprint density at radius 2 is 1.83 bits per heavy atom. The second-order valence-corrected chi connectivity index (χ2v) is 8.50. The van der Waals surface area contributed by atoms with Crippen LogP contribution in [0.1, 0.15) is 38.3 Å². The van der Waals surface area contributed by atoms with Crippen LogP contribution < -0.4 is 4.90 Å². The molecule has 24 heavy (non-hydrogen) atoms. The summed E-state index contributed by atoms with van der Waals surface area (Å²) in [6, 6.07) is 0. The third kappa shape index (κ3) is 3.75. The molecule has 6 heteroatoms. The van der Waals surface area contributed by atoms with Gasteiger partial charge >= 0.3 is 0 Å². The van der Waals surface area contributed by atoms with Gasteiger partial charge in [0.05, 0.1) is 5.69 Å². The van der Waals surface area contributed by atoms with Gasteiger partial charge in [0.2, 0.25) is 5.91 Å². The number of piperidine rings is 1. The zero-order chi connectivity index (χ0) is 16.5. The molecule has 132 valence electrons. The van der Waals surface area contributed by atoms with Gasteiger partial charge in [0.1, 0.15) is 0 Å². The van der Waals surface area contributed by atoms with Gasteiger partial charge in [0.25, 0.3) is 0 Å². The fraction of sp³-hybridized carbons (Fsp3) is 0.778. The summed E-state index contributed by atoms with van der Waals surface area (Å²) in [7, 11) is 0. The van der Waals surface area contributed by atoms with Gasteiger partial charge in [-0.15, -0.1) is 11.3 Å². The first kappa shape index (κ1) is 16.3. The second kappa shape index (κ2) is 7.00. The fourth-order valence-electron chi connectivity index (χ4n) is 3.67.